The average molecular weight is 321 g/mol. The summed E-state index contributed by atoms with van der Waals surface area (Å²) < 4.78 is 26.5. The fraction of sp³-hybridized carbons (Fsp3) is 0.417. The normalized spacial score (nSPS) is 10.6. The number of hydrogen-bond acceptors (Lipinski definition) is 2. The molecular weight excluding hydrogens is 306 g/mol. The first-order chi connectivity index (χ1) is 8.32. The fourth-order valence-corrected chi connectivity index (χ4v) is 1.58. The Balaban J connectivity index is 2.70. The number of benzene rings is 1. The van der Waals surface area contributed by atoms with E-state index in [1.807, 2.05) is 13.8 Å². The van der Waals surface area contributed by atoms with Crippen molar-refractivity contribution in [3.8, 4) is 0 Å². The van der Waals surface area contributed by atoms with E-state index in [1.165, 1.54) is 6.07 Å². The molecule has 100 valence electrons. The summed E-state index contributed by atoms with van der Waals surface area (Å²) in [4.78, 5) is 13.2. The predicted molar refractivity (Wildman–Crippen MR) is 70.5 cm³/mol. The molecule has 18 heavy (non-hydrogen) atoms. The fourth-order valence-electron chi connectivity index (χ4n) is 1.24. The van der Waals surface area contributed by atoms with Gasteiger partial charge in [-0.3, -0.25) is 4.79 Å². The van der Waals surface area contributed by atoms with Gasteiger partial charge in [-0.25, -0.2) is 8.78 Å². The number of nitrogens with one attached hydrogen (secondary N) is 1. The Morgan fingerprint density at radius 1 is 1.39 bits per heavy atom. The highest BCUT2D eigenvalue weighted by atomic mass is 79.9. The highest BCUT2D eigenvalue weighted by molar-refractivity contribution is 9.10. The lowest BCUT2D eigenvalue weighted by molar-refractivity contribution is -0.129. The van der Waals surface area contributed by atoms with E-state index < -0.39 is 11.6 Å². The number of carbonyl (C=O) groups is 1. The highest BCUT2D eigenvalue weighted by Crippen LogP contribution is 2.23. The lowest BCUT2D eigenvalue weighted by atomic mass is 10.3. The molecule has 1 N–H and O–H groups in total. The molecule has 0 saturated carbocycles. The van der Waals surface area contributed by atoms with E-state index in [0.717, 1.165) is 6.07 Å². The van der Waals surface area contributed by atoms with Crippen LogP contribution in [-0.2, 0) is 4.79 Å². The zero-order chi connectivity index (χ0) is 13.9. The quantitative estimate of drug-likeness (QED) is 0.865. The minimum absolute atomic E-state index is 0.0380. The number of hydrogen-bond donors (Lipinski definition) is 1. The molecule has 1 amide bonds. The van der Waals surface area contributed by atoms with Crippen LogP contribution < -0.4 is 5.32 Å². The highest BCUT2D eigenvalue weighted by Gasteiger charge is 2.13. The molecule has 0 radical (unpaired) electrons. The minimum Gasteiger partial charge on any atom is -0.374 e. The van der Waals surface area contributed by atoms with E-state index in [0.29, 0.717) is 0 Å². The van der Waals surface area contributed by atoms with Gasteiger partial charge in [-0.15, -0.1) is 0 Å². The minimum atomic E-state index is -0.726. The molecule has 0 bridgehead atoms. The van der Waals surface area contributed by atoms with Crippen LogP contribution in [0.3, 0.4) is 0 Å². The molecule has 0 saturated heterocycles. The maximum atomic E-state index is 13.4. The zero-order valence-corrected chi connectivity index (χ0v) is 12.0. The van der Waals surface area contributed by atoms with Crippen molar-refractivity contribution in [1.82, 2.24) is 4.90 Å². The summed E-state index contributed by atoms with van der Waals surface area (Å²) in [6.45, 7) is 3.73. The van der Waals surface area contributed by atoms with Gasteiger partial charge in [0.25, 0.3) is 0 Å². The first kappa shape index (κ1) is 14.9. The number of anilines is 1. The first-order valence-corrected chi connectivity index (χ1v) is 6.26. The van der Waals surface area contributed by atoms with Crippen molar-refractivity contribution in [2.24, 2.45) is 0 Å². The number of halogens is 3. The Kier molecular flexibility index (Phi) is 5.07. The number of carbonyl (C=O) groups excluding carboxylic acids is 1. The van der Waals surface area contributed by atoms with E-state index in [4.69, 9.17) is 0 Å². The van der Waals surface area contributed by atoms with E-state index in [1.54, 1.807) is 11.9 Å². The summed E-state index contributed by atoms with van der Waals surface area (Å²) in [5, 5.41) is 2.65. The van der Waals surface area contributed by atoms with E-state index in [-0.39, 0.29) is 28.7 Å². The van der Waals surface area contributed by atoms with Crippen molar-refractivity contribution in [2.45, 2.75) is 19.9 Å². The topological polar surface area (TPSA) is 32.3 Å². The summed E-state index contributed by atoms with van der Waals surface area (Å²) >= 11 is 2.96. The monoisotopic (exact) mass is 320 g/mol. The van der Waals surface area contributed by atoms with Crippen molar-refractivity contribution in [3.05, 3.63) is 28.2 Å². The second-order valence-corrected chi connectivity index (χ2v) is 5.05. The third kappa shape index (κ3) is 3.66. The van der Waals surface area contributed by atoms with Crippen LogP contribution in [0.5, 0.6) is 0 Å². The Hall–Kier alpha value is -1.17. The van der Waals surface area contributed by atoms with E-state index >= 15 is 0 Å². The van der Waals surface area contributed by atoms with Gasteiger partial charge in [0.05, 0.1) is 16.7 Å². The van der Waals surface area contributed by atoms with Gasteiger partial charge < -0.3 is 10.2 Å². The van der Waals surface area contributed by atoms with Gasteiger partial charge in [-0.1, -0.05) is 0 Å². The summed E-state index contributed by atoms with van der Waals surface area (Å²) in [6.07, 6.45) is 0. The maximum absolute atomic E-state index is 13.4. The van der Waals surface area contributed by atoms with Crippen LogP contribution in [0.25, 0.3) is 0 Å². The van der Waals surface area contributed by atoms with Crippen molar-refractivity contribution in [1.29, 1.82) is 0 Å². The second kappa shape index (κ2) is 6.13. The molecule has 0 aliphatic heterocycles. The molecule has 6 heteroatoms. The molecule has 1 aromatic rings. The van der Waals surface area contributed by atoms with Gasteiger partial charge in [-0.2, -0.15) is 0 Å². The van der Waals surface area contributed by atoms with Gasteiger partial charge in [0.2, 0.25) is 5.91 Å². The van der Waals surface area contributed by atoms with Gasteiger partial charge in [-0.05, 0) is 35.8 Å². The molecule has 0 atom stereocenters. The molecule has 3 nitrogen and oxygen atoms in total. The summed E-state index contributed by atoms with van der Waals surface area (Å²) in [7, 11) is 1.67. The van der Waals surface area contributed by atoms with Gasteiger partial charge in [0.1, 0.15) is 11.6 Å². The van der Waals surface area contributed by atoms with Gasteiger partial charge in [0.15, 0.2) is 0 Å². The van der Waals surface area contributed by atoms with Crippen LogP contribution >= 0.6 is 15.9 Å². The molecule has 0 unspecified atom stereocenters. The molecule has 0 aromatic heterocycles. The molecule has 1 rings (SSSR count). The Bertz CT molecular complexity index is 452. The van der Waals surface area contributed by atoms with Crippen molar-refractivity contribution in [3.63, 3.8) is 0 Å². The molecule has 1 aromatic carbocycles. The maximum Gasteiger partial charge on any atom is 0.241 e. The Morgan fingerprint density at radius 3 is 2.56 bits per heavy atom. The standard InChI is InChI=1S/C12H15BrF2N2O/c1-7(2)17(3)12(18)6-16-11-4-8(13)9(14)5-10(11)15/h4-5,7,16H,6H2,1-3H3. The zero-order valence-electron chi connectivity index (χ0n) is 10.4. The van der Waals surface area contributed by atoms with Crippen LogP contribution in [0.1, 0.15) is 13.8 Å². The first-order valence-electron chi connectivity index (χ1n) is 5.47. The summed E-state index contributed by atoms with van der Waals surface area (Å²) in [5.41, 5.74) is 0.0915. The van der Waals surface area contributed by atoms with Crippen LogP contribution in [0.2, 0.25) is 0 Å². The summed E-state index contributed by atoms with van der Waals surface area (Å²) in [5.74, 6) is -1.57. The van der Waals surface area contributed by atoms with E-state index in [9.17, 15) is 13.6 Å². The molecular formula is C12H15BrF2N2O. The molecule has 0 fully saturated rings. The molecule has 0 aliphatic carbocycles. The largest absolute Gasteiger partial charge is 0.374 e. The number of nitrogens with zero attached hydrogens (tertiary/aromatic N) is 1. The smallest absolute Gasteiger partial charge is 0.241 e. The lowest BCUT2D eigenvalue weighted by Gasteiger charge is -2.21. The van der Waals surface area contributed by atoms with Crippen LogP contribution in [0, 0.1) is 11.6 Å². The summed E-state index contributed by atoms with van der Waals surface area (Å²) in [6, 6.07) is 2.11. The number of likely N-dealkylation sites (N-methyl/N-ethyl adjacent to an activating group) is 1. The average Bonchev–Trinajstić information content (AvgIpc) is 2.30. The van der Waals surface area contributed by atoms with Crippen molar-refractivity contribution < 1.29 is 13.6 Å². The van der Waals surface area contributed by atoms with Crippen LogP contribution in [-0.4, -0.2) is 30.4 Å². The Labute approximate surface area is 113 Å². The second-order valence-electron chi connectivity index (χ2n) is 4.20. The van der Waals surface area contributed by atoms with E-state index in [2.05, 4.69) is 21.2 Å². The van der Waals surface area contributed by atoms with Crippen molar-refractivity contribution in [2.75, 3.05) is 18.9 Å². The van der Waals surface area contributed by atoms with Gasteiger partial charge in [0, 0.05) is 19.2 Å². The lowest BCUT2D eigenvalue weighted by Crippen LogP contribution is -2.37. The van der Waals surface area contributed by atoms with Gasteiger partial charge >= 0.3 is 0 Å². The van der Waals surface area contributed by atoms with Crippen LogP contribution in [0.4, 0.5) is 14.5 Å². The Morgan fingerprint density at radius 2 is 2.00 bits per heavy atom. The molecule has 0 heterocycles. The molecule has 0 spiro atoms. The number of amides is 1. The predicted octanol–water partition coefficient (Wildman–Crippen LogP) is 3.01. The van der Waals surface area contributed by atoms with Crippen molar-refractivity contribution >= 4 is 27.5 Å². The third-order valence-electron chi connectivity index (χ3n) is 2.61. The number of rotatable bonds is 4. The molecule has 0 aliphatic rings. The SMILES string of the molecule is CC(C)N(C)C(=O)CNc1cc(Br)c(F)cc1F. The van der Waals surface area contributed by atoms with Crippen LogP contribution in [0.15, 0.2) is 16.6 Å². The third-order valence-corrected chi connectivity index (χ3v) is 3.22.